The van der Waals surface area contributed by atoms with E-state index in [4.69, 9.17) is 5.73 Å². The Morgan fingerprint density at radius 2 is 1.82 bits per heavy atom. The SMILES string of the molecule is Cc1ccc(Nc2ccc(CN)cc2)c(Br)c1. The quantitative estimate of drug-likeness (QED) is 0.898. The van der Waals surface area contributed by atoms with Crippen molar-refractivity contribution < 1.29 is 0 Å². The van der Waals surface area contributed by atoms with Gasteiger partial charge in [0.15, 0.2) is 0 Å². The Balaban J connectivity index is 2.19. The lowest BCUT2D eigenvalue weighted by Gasteiger charge is -2.09. The van der Waals surface area contributed by atoms with E-state index in [9.17, 15) is 0 Å². The molecular weight excluding hydrogens is 276 g/mol. The summed E-state index contributed by atoms with van der Waals surface area (Å²) in [5, 5.41) is 3.36. The van der Waals surface area contributed by atoms with E-state index in [0.717, 1.165) is 21.4 Å². The number of nitrogens with one attached hydrogen (secondary N) is 1. The largest absolute Gasteiger partial charge is 0.355 e. The maximum Gasteiger partial charge on any atom is 0.0528 e. The van der Waals surface area contributed by atoms with Crippen molar-refractivity contribution in [2.24, 2.45) is 5.73 Å². The van der Waals surface area contributed by atoms with Gasteiger partial charge in [0.2, 0.25) is 0 Å². The summed E-state index contributed by atoms with van der Waals surface area (Å²) in [5.41, 5.74) is 10.1. The Morgan fingerprint density at radius 1 is 1.12 bits per heavy atom. The summed E-state index contributed by atoms with van der Waals surface area (Å²) in [4.78, 5) is 0. The molecule has 0 aliphatic carbocycles. The second-order valence-corrected chi connectivity index (χ2v) is 4.86. The van der Waals surface area contributed by atoms with Gasteiger partial charge in [0.05, 0.1) is 5.69 Å². The molecule has 0 bridgehead atoms. The number of hydrogen-bond donors (Lipinski definition) is 2. The lowest BCUT2D eigenvalue weighted by Crippen LogP contribution is -1.96. The van der Waals surface area contributed by atoms with Crippen LogP contribution in [0, 0.1) is 6.92 Å². The zero-order valence-corrected chi connectivity index (χ0v) is 11.3. The standard InChI is InChI=1S/C14H15BrN2/c1-10-2-7-14(13(15)8-10)17-12-5-3-11(9-16)4-6-12/h2-8,17H,9,16H2,1H3. The van der Waals surface area contributed by atoms with Gasteiger partial charge in [-0.15, -0.1) is 0 Å². The number of nitrogens with two attached hydrogens (primary N) is 1. The molecule has 3 N–H and O–H groups in total. The molecule has 0 aromatic heterocycles. The fourth-order valence-electron chi connectivity index (χ4n) is 1.60. The molecule has 0 radical (unpaired) electrons. The van der Waals surface area contributed by atoms with Crippen LogP contribution < -0.4 is 11.1 Å². The molecule has 0 aliphatic rings. The third-order valence-electron chi connectivity index (χ3n) is 2.59. The van der Waals surface area contributed by atoms with E-state index in [-0.39, 0.29) is 0 Å². The average Bonchev–Trinajstić information content (AvgIpc) is 2.34. The Bertz CT molecular complexity index is 506. The maximum atomic E-state index is 5.57. The van der Waals surface area contributed by atoms with Crippen molar-refractivity contribution in [3.05, 3.63) is 58.1 Å². The molecule has 2 rings (SSSR count). The lowest BCUT2D eigenvalue weighted by atomic mass is 10.2. The van der Waals surface area contributed by atoms with Gasteiger partial charge in [0.25, 0.3) is 0 Å². The molecule has 17 heavy (non-hydrogen) atoms. The minimum atomic E-state index is 0.578. The van der Waals surface area contributed by atoms with Crippen LogP contribution in [-0.4, -0.2) is 0 Å². The van der Waals surface area contributed by atoms with E-state index in [1.807, 2.05) is 24.3 Å². The van der Waals surface area contributed by atoms with Gasteiger partial charge in [-0.2, -0.15) is 0 Å². The summed E-state index contributed by atoms with van der Waals surface area (Å²) in [6.45, 7) is 2.65. The Labute approximate surface area is 110 Å². The number of benzene rings is 2. The first kappa shape index (κ1) is 12.1. The van der Waals surface area contributed by atoms with E-state index >= 15 is 0 Å². The molecule has 0 spiro atoms. The lowest BCUT2D eigenvalue weighted by molar-refractivity contribution is 1.07. The van der Waals surface area contributed by atoms with E-state index in [0.29, 0.717) is 6.54 Å². The minimum absolute atomic E-state index is 0.578. The predicted molar refractivity (Wildman–Crippen MR) is 76.5 cm³/mol. The highest BCUT2D eigenvalue weighted by atomic mass is 79.9. The van der Waals surface area contributed by atoms with Gasteiger partial charge >= 0.3 is 0 Å². The van der Waals surface area contributed by atoms with Crippen molar-refractivity contribution >= 4 is 27.3 Å². The predicted octanol–water partition coefficient (Wildman–Crippen LogP) is 3.96. The van der Waals surface area contributed by atoms with Crippen LogP contribution >= 0.6 is 15.9 Å². The van der Waals surface area contributed by atoms with Crippen LogP contribution in [0.3, 0.4) is 0 Å². The highest BCUT2D eigenvalue weighted by Crippen LogP contribution is 2.26. The first-order chi connectivity index (χ1) is 8.19. The summed E-state index contributed by atoms with van der Waals surface area (Å²) in [6.07, 6.45) is 0. The van der Waals surface area contributed by atoms with Crippen LogP contribution in [0.5, 0.6) is 0 Å². The monoisotopic (exact) mass is 290 g/mol. The summed E-state index contributed by atoms with van der Waals surface area (Å²) in [7, 11) is 0. The fourth-order valence-corrected chi connectivity index (χ4v) is 2.19. The van der Waals surface area contributed by atoms with Gasteiger partial charge < -0.3 is 11.1 Å². The third kappa shape index (κ3) is 3.08. The van der Waals surface area contributed by atoms with Crippen LogP contribution in [0.1, 0.15) is 11.1 Å². The molecular formula is C14H15BrN2. The zero-order chi connectivity index (χ0) is 12.3. The van der Waals surface area contributed by atoms with Crippen LogP contribution in [0.25, 0.3) is 0 Å². The molecule has 88 valence electrons. The van der Waals surface area contributed by atoms with Gasteiger partial charge in [-0.1, -0.05) is 18.2 Å². The first-order valence-electron chi connectivity index (χ1n) is 5.51. The van der Waals surface area contributed by atoms with Crippen molar-refractivity contribution in [1.29, 1.82) is 0 Å². The molecule has 2 nitrogen and oxygen atoms in total. The minimum Gasteiger partial charge on any atom is -0.355 e. The van der Waals surface area contributed by atoms with E-state index in [1.54, 1.807) is 0 Å². The number of rotatable bonds is 3. The fraction of sp³-hybridized carbons (Fsp3) is 0.143. The normalized spacial score (nSPS) is 10.3. The Morgan fingerprint density at radius 3 is 2.41 bits per heavy atom. The Hall–Kier alpha value is -1.32. The van der Waals surface area contributed by atoms with Crippen molar-refractivity contribution in [1.82, 2.24) is 0 Å². The molecule has 0 saturated heterocycles. The highest BCUT2D eigenvalue weighted by Gasteiger charge is 2.00. The summed E-state index contributed by atoms with van der Waals surface area (Å²) < 4.78 is 1.07. The van der Waals surface area contributed by atoms with Crippen molar-refractivity contribution in [2.75, 3.05) is 5.32 Å². The zero-order valence-electron chi connectivity index (χ0n) is 9.70. The molecule has 0 unspecified atom stereocenters. The number of aryl methyl sites for hydroxylation is 1. The first-order valence-corrected chi connectivity index (χ1v) is 6.30. The molecule has 0 atom stereocenters. The van der Waals surface area contributed by atoms with E-state index in [1.165, 1.54) is 5.56 Å². The van der Waals surface area contributed by atoms with Crippen LogP contribution in [-0.2, 0) is 6.54 Å². The molecule has 2 aromatic rings. The molecule has 0 heterocycles. The van der Waals surface area contributed by atoms with Crippen molar-refractivity contribution in [2.45, 2.75) is 13.5 Å². The van der Waals surface area contributed by atoms with Gasteiger partial charge in [0, 0.05) is 16.7 Å². The summed E-state index contributed by atoms with van der Waals surface area (Å²) in [6, 6.07) is 14.4. The van der Waals surface area contributed by atoms with Gasteiger partial charge in [0.1, 0.15) is 0 Å². The van der Waals surface area contributed by atoms with E-state index in [2.05, 4.69) is 46.4 Å². The third-order valence-corrected chi connectivity index (χ3v) is 3.25. The second-order valence-electron chi connectivity index (χ2n) is 4.01. The van der Waals surface area contributed by atoms with Gasteiger partial charge in [-0.25, -0.2) is 0 Å². The number of halogens is 1. The summed E-state index contributed by atoms with van der Waals surface area (Å²) >= 11 is 3.55. The Kier molecular flexibility index (Phi) is 3.82. The number of anilines is 2. The molecule has 0 fully saturated rings. The topological polar surface area (TPSA) is 38.0 Å². The van der Waals surface area contributed by atoms with Crippen molar-refractivity contribution in [3.8, 4) is 0 Å². The second kappa shape index (κ2) is 5.34. The molecule has 0 amide bonds. The molecule has 2 aromatic carbocycles. The average molecular weight is 291 g/mol. The van der Waals surface area contributed by atoms with Gasteiger partial charge in [-0.3, -0.25) is 0 Å². The maximum absolute atomic E-state index is 5.57. The van der Waals surface area contributed by atoms with Crippen LogP contribution in [0.4, 0.5) is 11.4 Å². The smallest absolute Gasteiger partial charge is 0.0528 e. The number of hydrogen-bond acceptors (Lipinski definition) is 2. The van der Waals surface area contributed by atoms with E-state index < -0.39 is 0 Å². The highest BCUT2D eigenvalue weighted by molar-refractivity contribution is 9.10. The van der Waals surface area contributed by atoms with Gasteiger partial charge in [-0.05, 0) is 58.2 Å². The van der Waals surface area contributed by atoms with Crippen molar-refractivity contribution in [3.63, 3.8) is 0 Å². The molecule has 0 saturated carbocycles. The molecule has 0 aliphatic heterocycles. The summed E-state index contributed by atoms with van der Waals surface area (Å²) in [5.74, 6) is 0. The van der Waals surface area contributed by atoms with Crippen LogP contribution in [0.15, 0.2) is 46.9 Å². The van der Waals surface area contributed by atoms with Crippen LogP contribution in [0.2, 0.25) is 0 Å². The molecule has 3 heteroatoms.